The van der Waals surface area contributed by atoms with Crippen molar-refractivity contribution >= 4 is 23.7 Å². The van der Waals surface area contributed by atoms with E-state index in [4.69, 9.17) is 10.7 Å². The number of aromatic nitrogens is 8. The van der Waals surface area contributed by atoms with E-state index in [0.717, 1.165) is 35.9 Å². The van der Waals surface area contributed by atoms with Crippen LogP contribution in [0.5, 0.6) is 0 Å². The van der Waals surface area contributed by atoms with Crippen LogP contribution < -0.4 is 5.73 Å². The second-order valence-electron chi connectivity index (χ2n) is 10.3. The molecule has 5 aromatic rings. The summed E-state index contributed by atoms with van der Waals surface area (Å²) in [6.07, 6.45) is 10.7. The fourth-order valence-electron chi connectivity index (χ4n) is 6.26. The van der Waals surface area contributed by atoms with Gasteiger partial charge in [-0.1, -0.05) is 0 Å². The van der Waals surface area contributed by atoms with E-state index < -0.39 is 0 Å². The van der Waals surface area contributed by atoms with Gasteiger partial charge in [0.25, 0.3) is 5.91 Å². The molecule has 0 aliphatic carbocycles. The molecule has 12 nitrogen and oxygen atoms in total. The molecule has 1 amide bonds. The van der Waals surface area contributed by atoms with E-state index in [1.54, 1.807) is 33.7 Å². The SMILES string of the molecule is Nc1c(CC=O)c(C2C[C@H]3CC[C@@H](C2)N3C(=O)c2ncn[nH]2)nc2c(-c3cnn(-c4ccc(F)cc4)c3)cnn12. The highest BCUT2D eigenvalue weighted by molar-refractivity contribution is 5.91. The maximum absolute atomic E-state index is 13.4. The molecule has 7 rings (SSSR count). The highest BCUT2D eigenvalue weighted by atomic mass is 19.1. The molecule has 2 fully saturated rings. The number of nitrogens with one attached hydrogen (secondary N) is 1. The highest BCUT2D eigenvalue weighted by Crippen LogP contribution is 2.45. The van der Waals surface area contributed by atoms with Crippen molar-refractivity contribution in [2.75, 3.05) is 5.73 Å². The minimum absolute atomic E-state index is 0.0169. The Labute approximate surface area is 227 Å². The Bertz CT molecular complexity index is 1710. The molecule has 1 unspecified atom stereocenters. The summed E-state index contributed by atoms with van der Waals surface area (Å²) in [5, 5.41) is 15.4. The van der Waals surface area contributed by atoms with Crippen LogP contribution in [0, 0.1) is 5.82 Å². The lowest BCUT2D eigenvalue weighted by atomic mass is 9.85. The lowest BCUT2D eigenvalue weighted by molar-refractivity contribution is -0.107. The van der Waals surface area contributed by atoms with Crippen LogP contribution >= 0.6 is 0 Å². The van der Waals surface area contributed by atoms with E-state index in [2.05, 4.69) is 25.4 Å². The number of nitrogens with two attached hydrogens (primary N) is 1. The molecule has 4 aromatic heterocycles. The van der Waals surface area contributed by atoms with Gasteiger partial charge in [0.05, 0.1) is 23.8 Å². The number of carbonyl (C=O) groups excluding carboxylic acids is 2. The molecule has 13 heteroatoms. The van der Waals surface area contributed by atoms with Crippen LogP contribution in [0.2, 0.25) is 0 Å². The molecule has 0 saturated carbocycles. The fourth-order valence-corrected chi connectivity index (χ4v) is 6.26. The number of rotatable bonds is 6. The van der Waals surface area contributed by atoms with Gasteiger partial charge in [0.1, 0.15) is 24.2 Å². The zero-order chi connectivity index (χ0) is 27.4. The number of aromatic amines is 1. The average molecular weight is 541 g/mol. The van der Waals surface area contributed by atoms with Crippen molar-refractivity contribution in [3.8, 4) is 16.8 Å². The summed E-state index contributed by atoms with van der Waals surface area (Å²) in [7, 11) is 0. The average Bonchev–Trinajstić information content (AvgIpc) is 3.77. The van der Waals surface area contributed by atoms with E-state index in [0.29, 0.717) is 35.6 Å². The summed E-state index contributed by atoms with van der Waals surface area (Å²) in [5.41, 5.74) is 10.8. The summed E-state index contributed by atoms with van der Waals surface area (Å²) in [5.74, 6) is 0.167. The summed E-state index contributed by atoms with van der Waals surface area (Å²) in [6.45, 7) is 0. The molecule has 2 saturated heterocycles. The smallest absolute Gasteiger partial charge is 0.291 e. The number of hydrogen-bond acceptors (Lipinski definition) is 8. The van der Waals surface area contributed by atoms with Gasteiger partial charge < -0.3 is 15.4 Å². The van der Waals surface area contributed by atoms with Crippen LogP contribution in [0.15, 0.2) is 49.2 Å². The van der Waals surface area contributed by atoms with Crippen LogP contribution in [0.4, 0.5) is 10.2 Å². The predicted molar refractivity (Wildman–Crippen MR) is 141 cm³/mol. The molecule has 2 bridgehead atoms. The van der Waals surface area contributed by atoms with E-state index in [-0.39, 0.29) is 42.0 Å². The molecular weight excluding hydrogens is 515 g/mol. The predicted octanol–water partition coefficient (Wildman–Crippen LogP) is 2.71. The van der Waals surface area contributed by atoms with Gasteiger partial charge >= 0.3 is 0 Å². The third kappa shape index (κ3) is 3.84. The van der Waals surface area contributed by atoms with Crippen molar-refractivity contribution in [3.63, 3.8) is 0 Å². The van der Waals surface area contributed by atoms with Crippen LogP contribution in [-0.4, -0.2) is 68.7 Å². The molecule has 2 aliphatic heterocycles. The molecule has 202 valence electrons. The molecule has 0 radical (unpaired) electrons. The minimum Gasteiger partial charge on any atom is -0.383 e. The van der Waals surface area contributed by atoms with E-state index >= 15 is 0 Å². The number of fused-ring (bicyclic) bond motifs is 3. The van der Waals surface area contributed by atoms with E-state index in [9.17, 15) is 14.0 Å². The summed E-state index contributed by atoms with van der Waals surface area (Å²) in [6, 6.07) is 6.12. The Morgan fingerprint density at radius 2 is 1.90 bits per heavy atom. The summed E-state index contributed by atoms with van der Waals surface area (Å²) < 4.78 is 16.6. The van der Waals surface area contributed by atoms with Crippen molar-refractivity contribution in [2.24, 2.45) is 0 Å². The number of nitrogen functional groups attached to an aromatic ring is 1. The van der Waals surface area contributed by atoms with Crippen LogP contribution in [0.3, 0.4) is 0 Å². The van der Waals surface area contributed by atoms with Crippen molar-refractivity contribution in [2.45, 2.75) is 50.1 Å². The number of carbonyl (C=O) groups is 2. The Balaban J connectivity index is 1.26. The number of hydrogen-bond donors (Lipinski definition) is 2. The van der Waals surface area contributed by atoms with Crippen LogP contribution in [0.1, 0.15) is 53.5 Å². The Morgan fingerprint density at radius 1 is 1.12 bits per heavy atom. The number of aldehydes is 1. The highest BCUT2D eigenvalue weighted by Gasteiger charge is 2.45. The first kappa shape index (κ1) is 24.1. The second-order valence-corrected chi connectivity index (χ2v) is 10.3. The first-order valence-electron chi connectivity index (χ1n) is 13.1. The first-order chi connectivity index (χ1) is 19.5. The topological polar surface area (TPSA) is 153 Å². The third-order valence-electron chi connectivity index (χ3n) is 8.06. The number of halogens is 1. The van der Waals surface area contributed by atoms with Gasteiger partial charge in [-0.2, -0.15) is 19.8 Å². The third-order valence-corrected chi connectivity index (χ3v) is 8.06. The lowest BCUT2D eigenvalue weighted by Crippen LogP contribution is -2.46. The molecule has 0 spiro atoms. The first-order valence-corrected chi connectivity index (χ1v) is 13.1. The zero-order valence-corrected chi connectivity index (χ0v) is 21.3. The Kier molecular flexibility index (Phi) is 5.65. The monoisotopic (exact) mass is 540 g/mol. The summed E-state index contributed by atoms with van der Waals surface area (Å²) >= 11 is 0. The van der Waals surface area contributed by atoms with Gasteiger partial charge in [-0.15, -0.1) is 0 Å². The molecule has 2 aliphatic rings. The molecule has 3 N–H and O–H groups in total. The van der Waals surface area contributed by atoms with Gasteiger partial charge in [0, 0.05) is 47.3 Å². The van der Waals surface area contributed by atoms with Crippen LogP contribution in [0.25, 0.3) is 22.5 Å². The van der Waals surface area contributed by atoms with Crippen molar-refractivity contribution in [1.29, 1.82) is 0 Å². The Hall–Kier alpha value is -4.94. The molecule has 40 heavy (non-hydrogen) atoms. The number of benzene rings is 1. The van der Waals surface area contributed by atoms with Gasteiger partial charge in [0.15, 0.2) is 5.65 Å². The number of amides is 1. The van der Waals surface area contributed by atoms with Crippen molar-refractivity contribution < 1.29 is 14.0 Å². The minimum atomic E-state index is -0.321. The molecule has 6 heterocycles. The maximum Gasteiger partial charge on any atom is 0.291 e. The van der Waals surface area contributed by atoms with Gasteiger partial charge in [-0.3, -0.25) is 9.89 Å². The second kappa shape index (κ2) is 9.36. The summed E-state index contributed by atoms with van der Waals surface area (Å²) in [4.78, 5) is 35.8. The molecule has 1 aromatic carbocycles. The quantitative estimate of drug-likeness (QED) is 0.312. The Morgan fingerprint density at radius 3 is 2.60 bits per heavy atom. The maximum atomic E-state index is 13.4. The number of anilines is 1. The number of piperidine rings is 1. The van der Waals surface area contributed by atoms with Gasteiger partial charge in [-0.25, -0.2) is 19.0 Å². The van der Waals surface area contributed by atoms with Gasteiger partial charge in [0.2, 0.25) is 5.82 Å². The standard InChI is InChI=1S/C27H25FN10O2/c28-17-1-3-18(4-2-17)36-13-16(11-32-36)22-12-33-38-24(29)21(7-8-39)23(34-26(22)38)15-9-19-5-6-20(10-15)37(19)27(40)25-30-14-31-35-25/h1-4,8,11-15,19-20H,5-7,9-10,29H2,(H,30,31,35)/t15?,19-,20+. The van der Waals surface area contributed by atoms with Crippen molar-refractivity contribution in [3.05, 3.63) is 72.1 Å². The normalized spacial score (nSPS) is 20.3. The number of H-pyrrole nitrogens is 1. The lowest BCUT2D eigenvalue weighted by Gasteiger charge is -2.38. The molecular formula is C27H25FN10O2. The number of nitrogens with zero attached hydrogens (tertiary/aromatic N) is 8. The van der Waals surface area contributed by atoms with Crippen molar-refractivity contribution in [1.82, 2.24) is 44.5 Å². The zero-order valence-electron chi connectivity index (χ0n) is 21.3. The van der Waals surface area contributed by atoms with E-state index in [1.165, 1.54) is 18.5 Å². The van der Waals surface area contributed by atoms with Gasteiger partial charge in [-0.05, 0) is 49.9 Å². The molecule has 3 atom stereocenters. The van der Waals surface area contributed by atoms with Crippen LogP contribution in [-0.2, 0) is 11.2 Å². The largest absolute Gasteiger partial charge is 0.383 e. The fraction of sp³-hybridized carbons (Fsp3) is 0.296. The van der Waals surface area contributed by atoms with E-state index in [1.807, 2.05) is 11.1 Å².